The number of nitrogens with zero attached hydrogens (tertiary/aromatic N) is 1. The number of fused-ring (bicyclic) bond motifs is 3. The van der Waals surface area contributed by atoms with Crippen molar-refractivity contribution in [2.75, 3.05) is 0 Å². The van der Waals surface area contributed by atoms with Crippen molar-refractivity contribution in [3.8, 4) is 0 Å². The monoisotopic (exact) mass is 412 g/mol. The molecule has 4 aromatic carbocycles. The predicted octanol–water partition coefficient (Wildman–Crippen LogP) is 6.29. The predicted molar refractivity (Wildman–Crippen MR) is 119 cm³/mol. The van der Waals surface area contributed by atoms with Crippen LogP contribution < -0.4 is 0 Å². The summed E-state index contributed by atoms with van der Waals surface area (Å²) in [6.45, 7) is 0. The van der Waals surface area contributed by atoms with Crippen molar-refractivity contribution in [3.05, 3.63) is 124 Å². The minimum atomic E-state index is -0.536. The molecule has 0 bridgehead atoms. The Bertz CT molecular complexity index is 1320. The largest absolute Gasteiger partial charge is 0.355 e. The van der Waals surface area contributed by atoms with Crippen LogP contribution in [0.2, 0.25) is 0 Å². The van der Waals surface area contributed by atoms with E-state index < -0.39 is 10.7 Å². The van der Waals surface area contributed by atoms with E-state index in [0.29, 0.717) is 11.1 Å². The fraction of sp³-hybridized carbons (Fsp3) is 0. The van der Waals surface area contributed by atoms with Gasteiger partial charge in [-0.15, -0.1) is 0 Å². The zero-order chi connectivity index (χ0) is 21.8. The van der Waals surface area contributed by atoms with Crippen molar-refractivity contribution in [1.82, 2.24) is 4.98 Å². The van der Waals surface area contributed by atoms with Crippen LogP contribution in [0.4, 0.5) is 10.1 Å². The van der Waals surface area contributed by atoms with E-state index in [4.69, 9.17) is 0 Å². The summed E-state index contributed by atoms with van der Waals surface area (Å²) in [5.41, 5.74) is 3.01. The first-order valence-electron chi connectivity index (χ1n) is 9.53. The number of aromatic amines is 1. The zero-order valence-electron chi connectivity index (χ0n) is 16.3. The van der Waals surface area contributed by atoms with E-state index in [2.05, 4.69) is 53.5 Å². The van der Waals surface area contributed by atoms with Crippen LogP contribution in [0.15, 0.2) is 97.1 Å². The number of aromatic nitrogens is 1. The van der Waals surface area contributed by atoms with Crippen molar-refractivity contribution >= 4 is 33.3 Å². The summed E-state index contributed by atoms with van der Waals surface area (Å²) in [6.07, 6.45) is 0. The molecule has 152 valence electrons. The van der Waals surface area contributed by atoms with Crippen LogP contribution in [0.1, 0.15) is 15.9 Å². The van der Waals surface area contributed by atoms with Crippen molar-refractivity contribution in [2.45, 2.75) is 0 Å². The summed E-state index contributed by atoms with van der Waals surface area (Å²) in [7, 11) is 0. The molecule has 1 heterocycles. The minimum Gasteiger partial charge on any atom is -0.355 e. The van der Waals surface area contributed by atoms with Gasteiger partial charge in [0.15, 0.2) is 5.78 Å². The Kier molecular flexibility index (Phi) is 5.53. The first-order valence-corrected chi connectivity index (χ1v) is 9.53. The van der Waals surface area contributed by atoms with Crippen LogP contribution in [-0.4, -0.2) is 15.7 Å². The van der Waals surface area contributed by atoms with E-state index in [9.17, 15) is 19.3 Å². The fourth-order valence-electron chi connectivity index (χ4n) is 3.30. The first kappa shape index (κ1) is 20.0. The Balaban J connectivity index is 0.000000156. The lowest BCUT2D eigenvalue weighted by Crippen LogP contribution is -2.01. The number of H-pyrrole nitrogens is 1. The maximum Gasteiger partial charge on any atom is 0.269 e. The van der Waals surface area contributed by atoms with Gasteiger partial charge < -0.3 is 4.98 Å². The van der Waals surface area contributed by atoms with E-state index in [1.54, 1.807) is 0 Å². The molecule has 0 aliphatic carbocycles. The molecule has 1 aromatic heterocycles. The number of nitrogens with one attached hydrogen (secondary N) is 1. The van der Waals surface area contributed by atoms with Gasteiger partial charge in [-0.05, 0) is 48.5 Å². The van der Waals surface area contributed by atoms with Crippen LogP contribution in [-0.2, 0) is 0 Å². The van der Waals surface area contributed by atoms with Crippen molar-refractivity contribution in [3.63, 3.8) is 0 Å². The summed E-state index contributed by atoms with van der Waals surface area (Å²) < 4.78 is 12.7. The maximum absolute atomic E-state index is 12.7. The quantitative estimate of drug-likeness (QED) is 0.215. The van der Waals surface area contributed by atoms with Gasteiger partial charge in [-0.2, -0.15) is 0 Å². The Morgan fingerprint density at radius 1 is 0.710 bits per heavy atom. The molecular weight excluding hydrogens is 395 g/mol. The highest BCUT2D eigenvalue weighted by molar-refractivity contribution is 6.09. The molecule has 0 radical (unpaired) electrons. The third-order valence-corrected chi connectivity index (χ3v) is 4.86. The zero-order valence-corrected chi connectivity index (χ0v) is 16.3. The topological polar surface area (TPSA) is 76.0 Å². The average Bonchev–Trinajstić information content (AvgIpc) is 3.18. The highest BCUT2D eigenvalue weighted by Crippen LogP contribution is 2.24. The lowest BCUT2D eigenvalue weighted by atomic mass is 10.0. The molecule has 1 N–H and O–H groups in total. The molecule has 0 atom stereocenters. The average molecular weight is 412 g/mol. The molecule has 5 aromatic rings. The van der Waals surface area contributed by atoms with Gasteiger partial charge in [0.25, 0.3) is 5.69 Å². The molecule has 0 saturated carbocycles. The smallest absolute Gasteiger partial charge is 0.269 e. The number of hydrogen-bond donors (Lipinski definition) is 1. The van der Waals surface area contributed by atoms with Crippen LogP contribution in [0.5, 0.6) is 0 Å². The molecule has 0 aliphatic rings. The molecule has 6 heteroatoms. The van der Waals surface area contributed by atoms with Gasteiger partial charge in [0.2, 0.25) is 0 Å². The molecule has 0 spiro atoms. The van der Waals surface area contributed by atoms with E-state index >= 15 is 0 Å². The fourth-order valence-corrected chi connectivity index (χ4v) is 3.30. The summed E-state index contributed by atoms with van der Waals surface area (Å²) >= 11 is 0. The normalized spacial score (nSPS) is 10.5. The van der Waals surface area contributed by atoms with Crippen LogP contribution in [0.3, 0.4) is 0 Å². The van der Waals surface area contributed by atoms with E-state index in [1.165, 1.54) is 70.3 Å². The number of benzene rings is 4. The van der Waals surface area contributed by atoms with Gasteiger partial charge in [0.1, 0.15) is 5.82 Å². The summed E-state index contributed by atoms with van der Waals surface area (Å²) in [4.78, 5) is 25.3. The van der Waals surface area contributed by atoms with Gasteiger partial charge in [0.05, 0.1) is 4.92 Å². The second-order valence-electron chi connectivity index (χ2n) is 6.86. The van der Waals surface area contributed by atoms with E-state index in [0.717, 1.165) is 0 Å². The SMILES string of the molecule is O=C(c1ccc(F)cc1)c1ccc([N+](=O)[O-])cc1.c1ccc2c(c1)[nH]c1ccccc12. The minimum absolute atomic E-state index is 0.0781. The van der Waals surface area contributed by atoms with Gasteiger partial charge in [-0.1, -0.05) is 36.4 Å². The molecule has 0 aliphatic heterocycles. The van der Waals surface area contributed by atoms with E-state index in [-0.39, 0.29) is 11.5 Å². The summed E-state index contributed by atoms with van der Waals surface area (Å²) in [5.74, 6) is -0.722. The number of non-ortho nitro benzene ring substituents is 1. The van der Waals surface area contributed by atoms with Gasteiger partial charge in [-0.25, -0.2) is 4.39 Å². The van der Waals surface area contributed by atoms with E-state index in [1.807, 2.05) is 0 Å². The first-order chi connectivity index (χ1) is 15.0. The number of nitro groups is 1. The Morgan fingerprint density at radius 3 is 1.65 bits per heavy atom. The molecular formula is C25H17FN2O3. The number of carbonyl (C=O) groups excluding carboxylic acids is 1. The number of para-hydroxylation sites is 2. The lowest BCUT2D eigenvalue weighted by Gasteiger charge is -2.00. The summed E-state index contributed by atoms with van der Waals surface area (Å²) in [6, 6.07) is 27.2. The molecule has 0 unspecified atom stereocenters. The standard InChI is InChI=1S/C13H8FNO3.C12H9N/c14-11-5-1-9(2-6-11)13(16)10-3-7-12(8-4-10)15(17)18;1-3-7-11-9(5-1)10-6-2-4-8-12(10)13-11/h1-8H;1-8,13H. The van der Waals surface area contributed by atoms with Gasteiger partial charge in [0, 0.05) is 45.1 Å². The number of rotatable bonds is 3. The van der Waals surface area contributed by atoms with Gasteiger partial charge >= 0.3 is 0 Å². The third kappa shape index (κ3) is 4.33. The third-order valence-electron chi connectivity index (χ3n) is 4.86. The molecule has 5 nitrogen and oxygen atoms in total. The highest BCUT2D eigenvalue weighted by Gasteiger charge is 2.11. The van der Waals surface area contributed by atoms with Crippen LogP contribution in [0.25, 0.3) is 21.8 Å². The number of halogens is 1. The van der Waals surface area contributed by atoms with Crippen molar-refractivity contribution < 1.29 is 14.1 Å². The van der Waals surface area contributed by atoms with Crippen LogP contribution >= 0.6 is 0 Å². The molecule has 0 saturated heterocycles. The molecule has 31 heavy (non-hydrogen) atoms. The summed E-state index contributed by atoms with van der Waals surface area (Å²) in [5, 5.41) is 13.1. The second kappa shape index (κ2) is 8.59. The molecule has 0 fully saturated rings. The van der Waals surface area contributed by atoms with Crippen molar-refractivity contribution in [2.24, 2.45) is 0 Å². The van der Waals surface area contributed by atoms with Crippen LogP contribution in [0, 0.1) is 15.9 Å². The number of hydrogen-bond acceptors (Lipinski definition) is 3. The van der Waals surface area contributed by atoms with Crippen molar-refractivity contribution in [1.29, 1.82) is 0 Å². The second-order valence-corrected chi connectivity index (χ2v) is 6.86. The Hall–Kier alpha value is -4.32. The Morgan fingerprint density at radius 2 is 1.16 bits per heavy atom. The molecule has 5 rings (SSSR count). The number of carbonyl (C=O) groups is 1. The Labute approximate surface area is 176 Å². The number of ketones is 1. The maximum atomic E-state index is 12.7. The molecule has 0 amide bonds. The lowest BCUT2D eigenvalue weighted by molar-refractivity contribution is -0.384. The number of nitro benzene ring substituents is 1. The van der Waals surface area contributed by atoms with Gasteiger partial charge in [-0.3, -0.25) is 14.9 Å². The highest BCUT2D eigenvalue weighted by atomic mass is 19.1.